The van der Waals surface area contributed by atoms with E-state index in [1.807, 2.05) is 0 Å². The van der Waals surface area contributed by atoms with Gasteiger partial charge in [-0.3, -0.25) is 13.9 Å². The summed E-state index contributed by atoms with van der Waals surface area (Å²) in [5.41, 5.74) is 0.968. The Hall–Kier alpha value is -3.21. The van der Waals surface area contributed by atoms with E-state index < -0.39 is 46.1 Å². The van der Waals surface area contributed by atoms with Crippen LogP contribution in [-0.2, 0) is 32.6 Å². The molecular weight excluding hydrogens is 559 g/mol. The van der Waals surface area contributed by atoms with Gasteiger partial charge in [0, 0.05) is 36.1 Å². The number of carbonyl (C=O) groups is 2. The Morgan fingerprint density at radius 3 is 2.24 bits per heavy atom. The molecule has 1 atom stereocenters. The first-order valence-electron chi connectivity index (χ1n) is 11.3. The predicted molar refractivity (Wildman–Crippen MR) is 144 cm³/mol. The second kappa shape index (κ2) is 12.6. The molecular formula is C26H25Cl2F2N3O4S. The second-order valence-electron chi connectivity index (χ2n) is 8.45. The molecule has 7 nitrogen and oxygen atoms in total. The van der Waals surface area contributed by atoms with Gasteiger partial charge in [-0.2, -0.15) is 0 Å². The molecule has 3 aromatic rings. The summed E-state index contributed by atoms with van der Waals surface area (Å²) in [5, 5.41) is 3.16. The molecule has 0 saturated carbocycles. The lowest BCUT2D eigenvalue weighted by Gasteiger charge is -2.33. The van der Waals surface area contributed by atoms with Crippen molar-refractivity contribution in [3.8, 4) is 0 Å². The lowest BCUT2D eigenvalue weighted by atomic mass is 10.0. The third kappa shape index (κ3) is 7.43. The van der Waals surface area contributed by atoms with Crippen LogP contribution in [-0.4, -0.2) is 51.0 Å². The standard InChI is InChI=1S/C26H25Cl2F2N3O4S/c1-31-26(35)24(12-17-6-4-3-5-7-17)32(15-18-8-9-19(27)13-21(18)28)25(34)16-33(38(2,36)37)20-10-11-22(29)23(30)14-20/h3-11,13-14,24H,12,15-16H2,1-2H3,(H,31,35)/t24-/m0/s1. The average molecular weight is 584 g/mol. The molecule has 0 radical (unpaired) electrons. The number of hydrogen-bond acceptors (Lipinski definition) is 4. The number of hydrogen-bond donors (Lipinski definition) is 1. The summed E-state index contributed by atoms with van der Waals surface area (Å²) < 4.78 is 53.3. The molecule has 3 aromatic carbocycles. The minimum Gasteiger partial charge on any atom is -0.357 e. The Balaban J connectivity index is 2.06. The van der Waals surface area contributed by atoms with E-state index in [9.17, 15) is 26.8 Å². The van der Waals surface area contributed by atoms with Crippen LogP contribution in [0.15, 0.2) is 66.7 Å². The van der Waals surface area contributed by atoms with Gasteiger partial charge in [0.05, 0.1) is 11.9 Å². The maximum absolute atomic E-state index is 13.9. The summed E-state index contributed by atoms with van der Waals surface area (Å²) >= 11 is 12.4. The number of sulfonamides is 1. The summed E-state index contributed by atoms with van der Waals surface area (Å²) in [5.74, 6) is -3.71. The number of likely N-dealkylation sites (N-methyl/N-ethyl adjacent to an activating group) is 1. The Bertz CT molecular complexity index is 1430. The zero-order valence-corrected chi connectivity index (χ0v) is 22.8. The first kappa shape index (κ1) is 29.3. The third-order valence-corrected chi connectivity index (χ3v) is 7.47. The Kier molecular flexibility index (Phi) is 9.70. The molecule has 12 heteroatoms. The van der Waals surface area contributed by atoms with Crippen LogP contribution in [0.2, 0.25) is 10.0 Å². The monoisotopic (exact) mass is 583 g/mol. The van der Waals surface area contributed by atoms with Gasteiger partial charge < -0.3 is 10.2 Å². The number of anilines is 1. The Morgan fingerprint density at radius 2 is 1.66 bits per heavy atom. The van der Waals surface area contributed by atoms with Crippen molar-refractivity contribution in [1.29, 1.82) is 0 Å². The summed E-state index contributed by atoms with van der Waals surface area (Å²) in [6.07, 6.45) is 0.948. The highest BCUT2D eigenvalue weighted by Crippen LogP contribution is 2.25. The Labute approximate surface area is 230 Å². The quantitative estimate of drug-likeness (QED) is 0.382. The van der Waals surface area contributed by atoms with E-state index in [-0.39, 0.29) is 23.7 Å². The zero-order valence-electron chi connectivity index (χ0n) is 20.5. The molecule has 0 bridgehead atoms. The van der Waals surface area contributed by atoms with Gasteiger partial charge in [-0.15, -0.1) is 0 Å². The normalized spacial score (nSPS) is 12.1. The van der Waals surface area contributed by atoms with Crippen LogP contribution in [0.4, 0.5) is 14.5 Å². The molecule has 202 valence electrons. The smallest absolute Gasteiger partial charge is 0.244 e. The van der Waals surface area contributed by atoms with E-state index in [0.29, 0.717) is 21.0 Å². The molecule has 1 N–H and O–H groups in total. The van der Waals surface area contributed by atoms with Crippen molar-refractivity contribution in [1.82, 2.24) is 10.2 Å². The predicted octanol–water partition coefficient (Wildman–Crippen LogP) is 4.42. The molecule has 2 amide bonds. The molecule has 0 aliphatic rings. The summed E-state index contributed by atoms with van der Waals surface area (Å²) in [4.78, 5) is 28.0. The van der Waals surface area contributed by atoms with E-state index in [1.165, 1.54) is 18.0 Å². The van der Waals surface area contributed by atoms with E-state index in [0.717, 1.165) is 24.0 Å². The fourth-order valence-corrected chi connectivity index (χ4v) is 5.12. The number of benzene rings is 3. The van der Waals surface area contributed by atoms with Gasteiger partial charge in [0.1, 0.15) is 12.6 Å². The van der Waals surface area contributed by atoms with Gasteiger partial charge in [0.2, 0.25) is 21.8 Å². The lowest BCUT2D eigenvalue weighted by Crippen LogP contribution is -2.53. The van der Waals surface area contributed by atoms with Gasteiger partial charge in [0.25, 0.3) is 0 Å². The van der Waals surface area contributed by atoms with Crippen LogP contribution >= 0.6 is 23.2 Å². The molecule has 0 fully saturated rings. The van der Waals surface area contributed by atoms with E-state index in [1.54, 1.807) is 42.5 Å². The lowest BCUT2D eigenvalue weighted by molar-refractivity contribution is -0.139. The van der Waals surface area contributed by atoms with Crippen molar-refractivity contribution in [2.24, 2.45) is 0 Å². The largest absolute Gasteiger partial charge is 0.357 e. The van der Waals surface area contributed by atoms with Crippen molar-refractivity contribution in [3.05, 3.63) is 99.5 Å². The van der Waals surface area contributed by atoms with Gasteiger partial charge >= 0.3 is 0 Å². The van der Waals surface area contributed by atoms with Crippen molar-refractivity contribution in [3.63, 3.8) is 0 Å². The minimum absolute atomic E-state index is 0.113. The van der Waals surface area contributed by atoms with Crippen LogP contribution < -0.4 is 9.62 Å². The molecule has 3 rings (SSSR count). The number of halogens is 4. The minimum atomic E-state index is -4.12. The molecule has 0 spiro atoms. The number of carbonyl (C=O) groups excluding carboxylic acids is 2. The molecule has 38 heavy (non-hydrogen) atoms. The molecule has 0 aliphatic carbocycles. The first-order valence-corrected chi connectivity index (χ1v) is 13.9. The van der Waals surface area contributed by atoms with Crippen molar-refractivity contribution in [2.45, 2.75) is 19.0 Å². The number of nitrogens with one attached hydrogen (secondary N) is 1. The maximum Gasteiger partial charge on any atom is 0.244 e. The van der Waals surface area contributed by atoms with Gasteiger partial charge in [-0.25, -0.2) is 17.2 Å². The number of amides is 2. The molecule has 0 saturated heterocycles. The summed E-state index contributed by atoms with van der Waals surface area (Å²) in [6, 6.07) is 15.0. The average Bonchev–Trinajstić information content (AvgIpc) is 2.87. The van der Waals surface area contributed by atoms with E-state index in [2.05, 4.69) is 5.32 Å². The fraction of sp³-hybridized carbons (Fsp3) is 0.231. The molecule has 0 aliphatic heterocycles. The van der Waals surface area contributed by atoms with Crippen LogP contribution in [0.1, 0.15) is 11.1 Å². The van der Waals surface area contributed by atoms with Gasteiger partial charge in [-0.1, -0.05) is 59.6 Å². The summed E-state index contributed by atoms with van der Waals surface area (Å²) in [7, 11) is -2.70. The molecule has 0 aromatic heterocycles. The highest BCUT2D eigenvalue weighted by atomic mass is 35.5. The Morgan fingerprint density at radius 1 is 0.974 bits per heavy atom. The topological polar surface area (TPSA) is 86.8 Å². The number of rotatable bonds is 10. The summed E-state index contributed by atoms with van der Waals surface area (Å²) in [6.45, 7) is -0.938. The highest BCUT2D eigenvalue weighted by Gasteiger charge is 2.33. The van der Waals surface area contributed by atoms with Crippen molar-refractivity contribution in [2.75, 3.05) is 24.2 Å². The van der Waals surface area contributed by atoms with Gasteiger partial charge in [-0.05, 0) is 35.4 Å². The number of nitrogens with zero attached hydrogens (tertiary/aromatic N) is 2. The zero-order chi connectivity index (χ0) is 28.0. The SMILES string of the molecule is CNC(=O)[C@H](Cc1ccccc1)N(Cc1ccc(Cl)cc1Cl)C(=O)CN(c1ccc(F)c(F)c1)S(C)(=O)=O. The fourth-order valence-electron chi connectivity index (χ4n) is 3.81. The maximum atomic E-state index is 13.9. The molecule has 0 heterocycles. The van der Waals surface area contributed by atoms with Crippen LogP contribution in [0.3, 0.4) is 0 Å². The van der Waals surface area contributed by atoms with Crippen LogP contribution in [0.5, 0.6) is 0 Å². The van der Waals surface area contributed by atoms with E-state index in [4.69, 9.17) is 23.2 Å². The first-order chi connectivity index (χ1) is 17.9. The highest BCUT2D eigenvalue weighted by molar-refractivity contribution is 7.92. The van der Waals surface area contributed by atoms with Crippen molar-refractivity contribution < 1.29 is 26.8 Å². The third-order valence-electron chi connectivity index (χ3n) is 5.74. The van der Waals surface area contributed by atoms with Crippen LogP contribution in [0.25, 0.3) is 0 Å². The molecule has 0 unspecified atom stereocenters. The van der Waals surface area contributed by atoms with Crippen molar-refractivity contribution >= 4 is 50.7 Å². The van der Waals surface area contributed by atoms with Crippen LogP contribution in [0, 0.1) is 11.6 Å². The second-order valence-corrected chi connectivity index (χ2v) is 11.2. The van der Waals surface area contributed by atoms with E-state index >= 15 is 0 Å². The van der Waals surface area contributed by atoms with Gasteiger partial charge in [0.15, 0.2) is 11.6 Å².